The second-order valence-corrected chi connectivity index (χ2v) is 10.5. The third-order valence-corrected chi connectivity index (χ3v) is 7.74. The van der Waals surface area contributed by atoms with Crippen molar-refractivity contribution in [1.82, 2.24) is 24.9 Å². The van der Waals surface area contributed by atoms with Gasteiger partial charge in [-0.2, -0.15) is 0 Å². The molecule has 4 heterocycles. The molecular formula is C30H35N5O5. The molecule has 2 amide bonds. The molecule has 5 rings (SSSR count). The number of ether oxygens (including phenoxy) is 1. The fourth-order valence-electron chi connectivity index (χ4n) is 5.63. The number of carbonyl (C=O) groups excluding carboxylic acids is 2. The molecule has 10 nitrogen and oxygen atoms in total. The number of hydrogen-bond acceptors (Lipinski definition) is 6. The van der Waals surface area contributed by atoms with Gasteiger partial charge in [0.2, 0.25) is 5.91 Å². The molecule has 1 aromatic carbocycles. The van der Waals surface area contributed by atoms with Crippen LogP contribution < -0.4 is 15.6 Å². The number of aryl methyl sites for hydroxylation is 2. The summed E-state index contributed by atoms with van der Waals surface area (Å²) in [6.07, 6.45) is 1.99. The molecule has 1 fully saturated rings. The van der Waals surface area contributed by atoms with E-state index in [2.05, 4.69) is 20.0 Å². The standard InChI is InChI=1S/C30H35N5O5/c1-18-14-26(39-4)24(29(37)32-18)16-31-30(38)28-20(3)35(25-8-6-5-7-23(25)28)17-21-9-11-34(12-10-21)27(36)15-22-13-19(2)33-40-22/h5-8,13-14,21H,9-12,15-17H2,1-4H3,(H,31,38)(H,32,37). The van der Waals surface area contributed by atoms with Crippen LogP contribution in [0.4, 0.5) is 0 Å². The molecule has 40 heavy (non-hydrogen) atoms. The Morgan fingerprint density at radius 2 is 1.90 bits per heavy atom. The first-order valence-electron chi connectivity index (χ1n) is 13.6. The van der Waals surface area contributed by atoms with Crippen LogP contribution in [0.15, 0.2) is 45.7 Å². The van der Waals surface area contributed by atoms with Crippen molar-refractivity contribution in [2.24, 2.45) is 5.92 Å². The predicted octanol–water partition coefficient (Wildman–Crippen LogP) is 3.66. The molecule has 0 unspecified atom stereocenters. The number of hydrogen-bond donors (Lipinski definition) is 2. The van der Waals surface area contributed by atoms with Gasteiger partial charge in [0.25, 0.3) is 11.5 Å². The van der Waals surface area contributed by atoms with Gasteiger partial charge in [-0.15, -0.1) is 0 Å². The highest BCUT2D eigenvalue weighted by molar-refractivity contribution is 6.08. The van der Waals surface area contributed by atoms with Crippen LogP contribution in [0.2, 0.25) is 0 Å². The van der Waals surface area contributed by atoms with Crippen LogP contribution >= 0.6 is 0 Å². The van der Waals surface area contributed by atoms with E-state index in [-0.39, 0.29) is 30.3 Å². The van der Waals surface area contributed by atoms with Crippen LogP contribution in [0.1, 0.15) is 51.6 Å². The van der Waals surface area contributed by atoms with Gasteiger partial charge in [0.05, 0.1) is 36.9 Å². The molecule has 0 saturated carbocycles. The van der Waals surface area contributed by atoms with Gasteiger partial charge in [0.1, 0.15) is 11.5 Å². The Balaban J connectivity index is 1.29. The molecule has 1 aliphatic heterocycles. The molecule has 4 aromatic rings. The van der Waals surface area contributed by atoms with E-state index in [4.69, 9.17) is 9.26 Å². The molecule has 210 valence electrons. The zero-order valence-corrected chi connectivity index (χ0v) is 23.4. The summed E-state index contributed by atoms with van der Waals surface area (Å²) in [6, 6.07) is 11.4. The van der Waals surface area contributed by atoms with E-state index in [1.807, 2.05) is 43.0 Å². The number of pyridine rings is 1. The highest BCUT2D eigenvalue weighted by Crippen LogP contribution is 2.29. The van der Waals surface area contributed by atoms with Gasteiger partial charge in [-0.1, -0.05) is 23.4 Å². The van der Waals surface area contributed by atoms with Gasteiger partial charge >= 0.3 is 0 Å². The lowest BCUT2D eigenvalue weighted by Crippen LogP contribution is -2.40. The van der Waals surface area contributed by atoms with E-state index in [1.165, 1.54) is 7.11 Å². The van der Waals surface area contributed by atoms with Crippen molar-refractivity contribution in [1.29, 1.82) is 0 Å². The summed E-state index contributed by atoms with van der Waals surface area (Å²) in [6.45, 7) is 7.78. The smallest absolute Gasteiger partial charge is 0.256 e. The van der Waals surface area contributed by atoms with Crippen molar-refractivity contribution in [3.63, 3.8) is 0 Å². The van der Waals surface area contributed by atoms with E-state index in [0.717, 1.165) is 41.7 Å². The fourth-order valence-corrected chi connectivity index (χ4v) is 5.63. The first-order valence-corrected chi connectivity index (χ1v) is 13.6. The summed E-state index contributed by atoms with van der Waals surface area (Å²) in [5, 5.41) is 7.67. The van der Waals surface area contributed by atoms with Crippen molar-refractivity contribution in [2.45, 2.75) is 53.1 Å². The lowest BCUT2D eigenvalue weighted by atomic mass is 9.96. The Bertz CT molecular complexity index is 1610. The van der Waals surface area contributed by atoms with Crippen molar-refractivity contribution in [2.75, 3.05) is 20.2 Å². The number of aromatic amines is 1. The number of nitrogens with one attached hydrogen (secondary N) is 2. The number of nitrogens with zero attached hydrogens (tertiary/aromatic N) is 3. The van der Waals surface area contributed by atoms with E-state index >= 15 is 0 Å². The quantitative estimate of drug-likeness (QED) is 0.348. The number of aromatic nitrogens is 3. The summed E-state index contributed by atoms with van der Waals surface area (Å²) in [4.78, 5) is 43.4. The second-order valence-electron chi connectivity index (χ2n) is 10.5. The summed E-state index contributed by atoms with van der Waals surface area (Å²) < 4.78 is 12.8. The monoisotopic (exact) mass is 545 g/mol. The summed E-state index contributed by atoms with van der Waals surface area (Å²) in [5.41, 5.74) is 4.04. The number of likely N-dealkylation sites (tertiary alicyclic amines) is 1. The van der Waals surface area contributed by atoms with Gasteiger partial charge in [-0.05, 0) is 51.7 Å². The van der Waals surface area contributed by atoms with Crippen LogP contribution in [-0.4, -0.2) is 51.6 Å². The van der Waals surface area contributed by atoms with Gasteiger partial charge in [-0.25, -0.2) is 0 Å². The lowest BCUT2D eigenvalue weighted by molar-refractivity contribution is -0.132. The number of rotatable bonds is 8. The fraction of sp³-hybridized carbons (Fsp3) is 0.400. The Morgan fingerprint density at radius 1 is 1.15 bits per heavy atom. The maximum absolute atomic E-state index is 13.5. The van der Waals surface area contributed by atoms with Crippen LogP contribution in [-0.2, 0) is 24.3 Å². The van der Waals surface area contributed by atoms with Crippen molar-refractivity contribution in [3.8, 4) is 5.75 Å². The van der Waals surface area contributed by atoms with Gasteiger partial charge in [0, 0.05) is 48.0 Å². The maximum atomic E-state index is 13.5. The zero-order chi connectivity index (χ0) is 28.4. The summed E-state index contributed by atoms with van der Waals surface area (Å²) >= 11 is 0. The average molecular weight is 546 g/mol. The number of H-pyrrole nitrogens is 1. The van der Waals surface area contributed by atoms with E-state index < -0.39 is 0 Å². The third-order valence-electron chi connectivity index (χ3n) is 7.74. The number of amides is 2. The van der Waals surface area contributed by atoms with Crippen LogP contribution in [0.3, 0.4) is 0 Å². The van der Waals surface area contributed by atoms with Crippen LogP contribution in [0.5, 0.6) is 5.75 Å². The van der Waals surface area contributed by atoms with Crippen LogP contribution in [0.25, 0.3) is 10.9 Å². The largest absolute Gasteiger partial charge is 0.496 e. The molecule has 0 bridgehead atoms. The lowest BCUT2D eigenvalue weighted by Gasteiger charge is -2.32. The Morgan fingerprint density at radius 3 is 2.60 bits per heavy atom. The molecule has 0 aliphatic carbocycles. The molecule has 2 N–H and O–H groups in total. The molecule has 0 spiro atoms. The highest BCUT2D eigenvalue weighted by Gasteiger charge is 2.27. The predicted molar refractivity (Wildman–Crippen MR) is 150 cm³/mol. The summed E-state index contributed by atoms with van der Waals surface area (Å²) in [5.74, 6) is 1.23. The minimum atomic E-state index is -0.280. The number of piperidine rings is 1. The zero-order valence-electron chi connectivity index (χ0n) is 23.4. The number of methoxy groups -OCH3 is 1. The average Bonchev–Trinajstić information content (AvgIpc) is 3.47. The Hall–Kier alpha value is -4.34. The molecule has 1 saturated heterocycles. The first kappa shape index (κ1) is 27.2. The second kappa shape index (κ2) is 11.4. The minimum Gasteiger partial charge on any atom is -0.496 e. The minimum absolute atomic E-state index is 0.0523. The van der Waals surface area contributed by atoms with Gasteiger partial charge in [-0.3, -0.25) is 14.4 Å². The summed E-state index contributed by atoms with van der Waals surface area (Å²) in [7, 11) is 1.51. The topological polar surface area (TPSA) is 122 Å². The first-order chi connectivity index (χ1) is 19.2. The molecule has 0 radical (unpaired) electrons. The molecule has 3 aromatic heterocycles. The normalized spacial score (nSPS) is 14.1. The van der Waals surface area contributed by atoms with E-state index in [1.54, 1.807) is 19.1 Å². The number of carbonyl (C=O) groups is 2. The van der Waals surface area contributed by atoms with E-state index in [0.29, 0.717) is 47.3 Å². The van der Waals surface area contributed by atoms with Gasteiger partial charge in [0.15, 0.2) is 0 Å². The molecule has 0 atom stereocenters. The molecule has 1 aliphatic rings. The third kappa shape index (κ3) is 5.52. The van der Waals surface area contributed by atoms with Crippen molar-refractivity contribution >= 4 is 22.7 Å². The Kier molecular flexibility index (Phi) is 7.77. The molecule has 10 heteroatoms. The number of para-hydroxylation sites is 1. The van der Waals surface area contributed by atoms with Crippen LogP contribution in [0, 0.1) is 26.7 Å². The van der Waals surface area contributed by atoms with E-state index in [9.17, 15) is 14.4 Å². The number of benzene rings is 1. The number of fused-ring (bicyclic) bond motifs is 1. The van der Waals surface area contributed by atoms with Crippen molar-refractivity contribution in [3.05, 3.63) is 80.7 Å². The molecular weight excluding hydrogens is 510 g/mol. The maximum Gasteiger partial charge on any atom is 0.256 e. The SMILES string of the molecule is COc1cc(C)[nH]c(=O)c1CNC(=O)c1c(C)n(CC2CCN(C(=O)Cc3cc(C)no3)CC2)c2ccccc12. The van der Waals surface area contributed by atoms with Crippen molar-refractivity contribution < 1.29 is 18.8 Å². The Labute approximate surface area is 232 Å². The van der Waals surface area contributed by atoms with Gasteiger partial charge < -0.3 is 29.0 Å². The highest BCUT2D eigenvalue weighted by atomic mass is 16.5.